The van der Waals surface area contributed by atoms with Crippen molar-refractivity contribution < 1.29 is 9.53 Å². The van der Waals surface area contributed by atoms with E-state index in [2.05, 4.69) is 20.3 Å². The number of benzene rings is 1. The van der Waals surface area contributed by atoms with E-state index < -0.39 is 11.7 Å². The number of fused-ring (bicyclic) bond motifs is 1. The minimum Gasteiger partial charge on any atom is -0.444 e. The number of halogens is 1. The van der Waals surface area contributed by atoms with E-state index in [-0.39, 0.29) is 0 Å². The zero-order chi connectivity index (χ0) is 21.3. The van der Waals surface area contributed by atoms with Gasteiger partial charge in [0.15, 0.2) is 0 Å². The number of nitrogens with one attached hydrogen (secondary N) is 1. The second-order valence-electron chi connectivity index (χ2n) is 7.67. The maximum atomic E-state index is 12.0. The van der Waals surface area contributed by atoms with Gasteiger partial charge in [-0.2, -0.15) is 0 Å². The highest BCUT2D eigenvalue weighted by Crippen LogP contribution is 2.35. The summed E-state index contributed by atoms with van der Waals surface area (Å²) in [5.41, 5.74) is 2.74. The van der Waals surface area contributed by atoms with Crippen molar-refractivity contribution in [2.45, 2.75) is 26.4 Å². The minimum atomic E-state index is -0.583. The van der Waals surface area contributed by atoms with E-state index in [1.807, 2.05) is 47.2 Å². The van der Waals surface area contributed by atoms with Crippen molar-refractivity contribution >= 4 is 34.5 Å². The van der Waals surface area contributed by atoms with Crippen LogP contribution in [0.1, 0.15) is 20.8 Å². The first-order valence-corrected chi connectivity index (χ1v) is 9.73. The van der Waals surface area contributed by atoms with Gasteiger partial charge in [-0.05, 0) is 45.0 Å². The molecule has 3 heterocycles. The Labute approximate surface area is 178 Å². The SMILES string of the molecule is CC(C)(C)OC(=O)Nc1ccc(-c2cn(-c3ccccc3)c3ncnc(Cl)c23)cn1. The maximum absolute atomic E-state index is 12.0. The summed E-state index contributed by atoms with van der Waals surface area (Å²) in [4.78, 5) is 24.9. The van der Waals surface area contributed by atoms with Gasteiger partial charge in [0.1, 0.15) is 28.5 Å². The van der Waals surface area contributed by atoms with Crippen LogP contribution >= 0.6 is 11.6 Å². The molecule has 4 rings (SSSR count). The van der Waals surface area contributed by atoms with Crippen LogP contribution in [0.2, 0.25) is 5.15 Å². The molecule has 1 amide bonds. The second kappa shape index (κ2) is 7.76. The third-order valence-electron chi connectivity index (χ3n) is 4.27. The van der Waals surface area contributed by atoms with Gasteiger partial charge in [-0.15, -0.1) is 0 Å². The van der Waals surface area contributed by atoms with Gasteiger partial charge in [-0.3, -0.25) is 5.32 Å². The molecule has 0 aliphatic heterocycles. The molecule has 1 N–H and O–H groups in total. The van der Waals surface area contributed by atoms with Gasteiger partial charge >= 0.3 is 6.09 Å². The molecule has 7 nitrogen and oxygen atoms in total. The van der Waals surface area contributed by atoms with E-state index in [9.17, 15) is 4.79 Å². The molecule has 1 aromatic carbocycles. The molecule has 0 saturated carbocycles. The maximum Gasteiger partial charge on any atom is 0.413 e. The van der Waals surface area contributed by atoms with Gasteiger partial charge in [0.2, 0.25) is 0 Å². The molecule has 4 aromatic rings. The number of hydrogen-bond acceptors (Lipinski definition) is 5. The van der Waals surface area contributed by atoms with Crippen LogP contribution < -0.4 is 5.32 Å². The van der Waals surface area contributed by atoms with E-state index in [0.717, 1.165) is 22.2 Å². The predicted octanol–water partition coefficient (Wildman–Crippen LogP) is 5.48. The van der Waals surface area contributed by atoms with Crippen LogP contribution in [0, 0.1) is 0 Å². The first-order chi connectivity index (χ1) is 14.3. The number of anilines is 1. The molecule has 0 aliphatic rings. The third kappa shape index (κ3) is 4.11. The van der Waals surface area contributed by atoms with Crippen LogP contribution in [0.4, 0.5) is 10.6 Å². The van der Waals surface area contributed by atoms with Gasteiger partial charge in [0.25, 0.3) is 0 Å². The van der Waals surface area contributed by atoms with Crippen molar-refractivity contribution in [2.24, 2.45) is 0 Å². The first-order valence-electron chi connectivity index (χ1n) is 9.35. The third-order valence-corrected chi connectivity index (χ3v) is 4.56. The van der Waals surface area contributed by atoms with Crippen LogP contribution in [0.5, 0.6) is 0 Å². The Morgan fingerprint density at radius 3 is 2.50 bits per heavy atom. The Balaban J connectivity index is 1.71. The zero-order valence-electron chi connectivity index (χ0n) is 16.8. The molecule has 0 spiro atoms. The average Bonchev–Trinajstić information content (AvgIpc) is 3.09. The van der Waals surface area contributed by atoms with Gasteiger partial charge in [0, 0.05) is 29.2 Å². The highest BCUT2D eigenvalue weighted by molar-refractivity contribution is 6.35. The number of amides is 1. The monoisotopic (exact) mass is 421 g/mol. The fourth-order valence-corrected chi connectivity index (χ4v) is 3.29. The van der Waals surface area contributed by atoms with Crippen LogP contribution in [0.15, 0.2) is 61.2 Å². The predicted molar refractivity (Wildman–Crippen MR) is 117 cm³/mol. The molecule has 3 aromatic heterocycles. The average molecular weight is 422 g/mol. The van der Waals surface area contributed by atoms with E-state index in [1.54, 1.807) is 33.0 Å². The summed E-state index contributed by atoms with van der Waals surface area (Å²) >= 11 is 6.42. The molecule has 0 atom stereocenters. The van der Waals surface area contributed by atoms with Crippen molar-refractivity contribution in [2.75, 3.05) is 5.32 Å². The Morgan fingerprint density at radius 1 is 1.07 bits per heavy atom. The summed E-state index contributed by atoms with van der Waals surface area (Å²) in [6.45, 7) is 5.41. The minimum absolute atomic E-state index is 0.362. The molecule has 152 valence electrons. The molecular weight excluding hydrogens is 402 g/mol. The number of carbonyl (C=O) groups excluding carboxylic acids is 1. The van der Waals surface area contributed by atoms with Crippen LogP contribution in [0.25, 0.3) is 27.8 Å². The number of ether oxygens (including phenoxy) is 1. The molecule has 0 unspecified atom stereocenters. The van der Waals surface area contributed by atoms with E-state index in [0.29, 0.717) is 16.6 Å². The van der Waals surface area contributed by atoms with E-state index in [1.165, 1.54) is 6.33 Å². The van der Waals surface area contributed by atoms with Crippen LogP contribution in [-0.2, 0) is 4.74 Å². The number of hydrogen-bond donors (Lipinski definition) is 1. The van der Waals surface area contributed by atoms with Crippen molar-refractivity contribution in [3.63, 3.8) is 0 Å². The summed E-state index contributed by atoms with van der Waals surface area (Å²) in [5.74, 6) is 0.391. The highest BCUT2D eigenvalue weighted by atomic mass is 35.5. The number of rotatable bonds is 3. The highest BCUT2D eigenvalue weighted by Gasteiger charge is 2.18. The Hall–Kier alpha value is -3.45. The Morgan fingerprint density at radius 2 is 1.83 bits per heavy atom. The summed E-state index contributed by atoms with van der Waals surface area (Å²) in [7, 11) is 0. The molecule has 0 aliphatic carbocycles. The fourth-order valence-electron chi connectivity index (χ4n) is 3.06. The van der Waals surface area contributed by atoms with Crippen molar-refractivity contribution in [1.29, 1.82) is 0 Å². The van der Waals surface area contributed by atoms with Gasteiger partial charge in [-0.1, -0.05) is 29.8 Å². The van der Waals surface area contributed by atoms with E-state index in [4.69, 9.17) is 16.3 Å². The van der Waals surface area contributed by atoms with Crippen LogP contribution in [0.3, 0.4) is 0 Å². The van der Waals surface area contributed by atoms with Gasteiger partial charge < -0.3 is 9.30 Å². The molecule has 8 heteroatoms. The number of nitrogens with zero attached hydrogens (tertiary/aromatic N) is 4. The molecule has 0 fully saturated rings. The fraction of sp³-hybridized carbons (Fsp3) is 0.182. The normalized spacial score (nSPS) is 11.5. The molecule has 0 saturated heterocycles. The second-order valence-corrected chi connectivity index (χ2v) is 8.03. The van der Waals surface area contributed by atoms with Crippen molar-refractivity contribution in [3.8, 4) is 16.8 Å². The molecular formula is C22H20ClN5O2. The number of para-hydroxylation sites is 1. The van der Waals surface area contributed by atoms with Crippen molar-refractivity contribution in [1.82, 2.24) is 19.5 Å². The molecule has 0 radical (unpaired) electrons. The number of carbonyl (C=O) groups is 1. The lowest BCUT2D eigenvalue weighted by Crippen LogP contribution is -2.27. The quantitative estimate of drug-likeness (QED) is 0.443. The molecule has 30 heavy (non-hydrogen) atoms. The summed E-state index contributed by atoms with van der Waals surface area (Å²) < 4.78 is 7.22. The summed E-state index contributed by atoms with van der Waals surface area (Å²) in [5, 5.41) is 3.72. The summed E-state index contributed by atoms with van der Waals surface area (Å²) in [6.07, 6.45) is 4.51. The topological polar surface area (TPSA) is 81.9 Å². The zero-order valence-corrected chi connectivity index (χ0v) is 17.5. The van der Waals surface area contributed by atoms with E-state index >= 15 is 0 Å². The smallest absolute Gasteiger partial charge is 0.413 e. The summed E-state index contributed by atoms with van der Waals surface area (Å²) in [6, 6.07) is 13.4. The lowest BCUT2D eigenvalue weighted by Gasteiger charge is -2.19. The first kappa shape index (κ1) is 19.8. The van der Waals surface area contributed by atoms with Crippen LogP contribution in [-0.4, -0.2) is 31.2 Å². The lowest BCUT2D eigenvalue weighted by atomic mass is 10.1. The number of pyridine rings is 1. The van der Waals surface area contributed by atoms with Gasteiger partial charge in [-0.25, -0.2) is 19.7 Å². The lowest BCUT2D eigenvalue weighted by molar-refractivity contribution is 0.0635. The standard InChI is InChI=1S/C22H20ClN5O2/c1-22(2,3)30-21(29)27-17-10-9-14(11-24-17)16-12-28(15-7-5-4-6-8-15)20-18(16)19(23)25-13-26-20/h4-13H,1-3H3,(H,24,27,29). The van der Waals surface area contributed by atoms with Crippen molar-refractivity contribution in [3.05, 3.63) is 66.3 Å². The Bertz CT molecular complexity index is 1200. The van der Waals surface area contributed by atoms with Gasteiger partial charge in [0.05, 0.1) is 5.39 Å². The number of aromatic nitrogens is 4. The molecule has 0 bridgehead atoms. The Kier molecular flexibility index (Phi) is 5.13. The largest absolute Gasteiger partial charge is 0.444 e.